The molecule has 0 unspecified atom stereocenters. The number of esters is 1. The van der Waals surface area contributed by atoms with E-state index in [1.54, 1.807) is 18.2 Å². The van der Waals surface area contributed by atoms with Crippen LogP contribution in [0, 0.1) is 0 Å². The molecule has 0 saturated carbocycles. The Hall–Kier alpha value is -1.56. The maximum Gasteiger partial charge on any atom is 0.302 e. The number of sulfone groups is 1. The summed E-state index contributed by atoms with van der Waals surface area (Å²) in [6, 6.07) is 6.80. The number of ether oxygens (including phenoxy) is 1. The zero-order valence-corrected chi connectivity index (χ0v) is 15.5. The molecule has 0 radical (unpaired) electrons. The van der Waals surface area contributed by atoms with Gasteiger partial charge in [-0.15, -0.1) is 0 Å². The molecule has 0 fully saturated rings. The summed E-state index contributed by atoms with van der Waals surface area (Å²) in [6.07, 6.45) is 7.34. The fraction of sp³-hybridized carbons (Fsp3) is 0.611. The monoisotopic (exact) mass is 355 g/mol. The van der Waals surface area contributed by atoms with E-state index >= 15 is 0 Å². The lowest BCUT2D eigenvalue weighted by Crippen LogP contribution is -2.14. The van der Waals surface area contributed by atoms with Gasteiger partial charge >= 0.3 is 5.97 Å². The van der Waals surface area contributed by atoms with Crippen LogP contribution < -0.4 is 5.32 Å². The summed E-state index contributed by atoms with van der Waals surface area (Å²) >= 11 is 0. The second-order valence-electron chi connectivity index (χ2n) is 5.88. The lowest BCUT2D eigenvalue weighted by molar-refractivity contribution is -0.140. The largest absolute Gasteiger partial charge is 0.465 e. The van der Waals surface area contributed by atoms with Gasteiger partial charge in [0.15, 0.2) is 9.84 Å². The van der Waals surface area contributed by atoms with Crippen molar-refractivity contribution in [1.82, 2.24) is 0 Å². The van der Waals surface area contributed by atoms with Gasteiger partial charge in [-0.1, -0.05) is 45.1 Å². The SMILES string of the molecule is CCCCCCCCNc1cccc(S(=O)(=O)CCOC(C)=O)c1. The molecule has 0 aromatic heterocycles. The number of benzene rings is 1. The molecule has 0 aliphatic carbocycles. The number of hydrogen-bond donors (Lipinski definition) is 1. The highest BCUT2D eigenvalue weighted by Crippen LogP contribution is 2.17. The van der Waals surface area contributed by atoms with E-state index in [1.807, 2.05) is 6.07 Å². The van der Waals surface area contributed by atoms with Gasteiger partial charge < -0.3 is 10.1 Å². The summed E-state index contributed by atoms with van der Waals surface area (Å²) in [4.78, 5) is 11.0. The van der Waals surface area contributed by atoms with E-state index in [0.29, 0.717) is 0 Å². The molecule has 0 amide bonds. The molecule has 0 bridgehead atoms. The van der Waals surface area contributed by atoms with Crippen molar-refractivity contribution in [2.75, 3.05) is 24.2 Å². The van der Waals surface area contributed by atoms with Crippen molar-refractivity contribution in [2.45, 2.75) is 57.3 Å². The quantitative estimate of drug-likeness (QED) is 0.456. The van der Waals surface area contributed by atoms with Crippen LogP contribution in [0.1, 0.15) is 52.4 Å². The van der Waals surface area contributed by atoms with E-state index in [4.69, 9.17) is 4.74 Å². The molecule has 1 rings (SSSR count). The highest BCUT2D eigenvalue weighted by molar-refractivity contribution is 7.91. The molecule has 5 nitrogen and oxygen atoms in total. The van der Waals surface area contributed by atoms with Gasteiger partial charge in [0.05, 0.1) is 10.6 Å². The van der Waals surface area contributed by atoms with Crippen molar-refractivity contribution in [3.05, 3.63) is 24.3 Å². The predicted molar refractivity (Wildman–Crippen MR) is 97.0 cm³/mol. The van der Waals surface area contributed by atoms with Gasteiger partial charge in [0, 0.05) is 19.2 Å². The Morgan fingerprint density at radius 1 is 1.12 bits per heavy atom. The standard InChI is InChI=1S/C18H29NO4S/c1-3-4-5-6-7-8-12-19-17-10-9-11-18(15-17)24(21,22)14-13-23-16(2)20/h9-11,15,19H,3-8,12-14H2,1-2H3. The second-order valence-corrected chi connectivity index (χ2v) is 7.99. The van der Waals surface area contributed by atoms with E-state index in [1.165, 1.54) is 39.0 Å². The van der Waals surface area contributed by atoms with E-state index < -0.39 is 15.8 Å². The van der Waals surface area contributed by atoms with Crippen LogP contribution in [0.2, 0.25) is 0 Å². The number of rotatable bonds is 12. The van der Waals surface area contributed by atoms with Crippen LogP contribution in [-0.2, 0) is 19.4 Å². The Balaban J connectivity index is 2.43. The molecule has 0 heterocycles. The van der Waals surface area contributed by atoms with E-state index in [9.17, 15) is 13.2 Å². The topological polar surface area (TPSA) is 72.5 Å². The van der Waals surface area contributed by atoms with Gasteiger partial charge in [-0.25, -0.2) is 8.42 Å². The van der Waals surface area contributed by atoms with Crippen molar-refractivity contribution in [3.8, 4) is 0 Å². The Morgan fingerprint density at radius 3 is 2.54 bits per heavy atom. The molecular weight excluding hydrogens is 326 g/mol. The van der Waals surface area contributed by atoms with Gasteiger partial charge in [0.2, 0.25) is 0 Å². The molecule has 1 N–H and O–H groups in total. The number of unbranched alkanes of at least 4 members (excludes halogenated alkanes) is 5. The highest BCUT2D eigenvalue weighted by atomic mass is 32.2. The third kappa shape index (κ3) is 8.34. The maximum atomic E-state index is 12.2. The van der Waals surface area contributed by atoms with Crippen molar-refractivity contribution in [2.24, 2.45) is 0 Å². The van der Waals surface area contributed by atoms with Crippen LogP contribution in [0.4, 0.5) is 5.69 Å². The summed E-state index contributed by atoms with van der Waals surface area (Å²) in [6.45, 7) is 4.18. The van der Waals surface area contributed by atoms with Crippen LogP contribution in [0.3, 0.4) is 0 Å². The van der Waals surface area contributed by atoms with Crippen LogP contribution in [0.5, 0.6) is 0 Å². The summed E-state index contributed by atoms with van der Waals surface area (Å²) in [5.41, 5.74) is 0.803. The van der Waals surface area contributed by atoms with Gasteiger partial charge in [-0.2, -0.15) is 0 Å². The van der Waals surface area contributed by atoms with Crippen molar-refractivity contribution < 1.29 is 17.9 Å². The normalized spacial score (nSPS) is 11.2. The fourth-order valence-corrected chi connectivity index (χ4v) is 3.48. The fourth-order valence-electron chi connectivity index (χ4n) is 2.35. The first-order valence-corrected chi connectivity index (χ1v) is 10.3. The Bertz CT molecular complexity index is 599. The smallest absolute Gasteiger partial charge is 0.302 e. The molecule has 6 heteroatoms. The van der Waals surface area contributed by atoms with E-state index in [-0.39, 0.29) is 17.3 Å². The van der Waals surface area contributed by atoms with Crippen molar-refractivity contribution in [3.63, 3.8) is 0 Å². The number of hydrogen-bond acceptors (Lipinski definition) is 5. The highest BCUT2D eigenvalue weighted by Gasteiger charge is 2.15. The minimum Gasteiger partial charge on any atom is -0.465 e. The first-order valence-electron chi connectivity index (χ1n) is 8.66. The maximum absolute atomic E-state index is 12.2. The summed E-state index contributed by atoms with van der Waals surface area (Å²) in [5, 5.41) is 3.27. The molecule has 0 saturated heterocycles. The number of carbonyl (C=O) groups is 1. The number of anilines is 1. The number of carbonyl (C=O) groups excluding carboxylic acids is 1. The summed E-state index contributed by atoms with van der Waals surface area (Å²) in [7, 11) is -3.44. The van der Waals surface area contributed by atoms with Crippen LogP contribution >= 0.6 is 0 Å². The second kappa shape index (κ2) is 11.1. The van der Waals surface area contributed by atoms with E-state index in [0.717, 1.165) is 18.7 Å². The van der Waals surface area contributed by atoms with E-state index in [2.05, 4.69) is 12.2 Å². The molecule has 0 atom stereocenters. The summed E-state index contributed by atoms with van der Waals surface area (Å²) in [5.74, 6) is -0.674. The predicted octanol–water partition coefficient (Wildman–Crippen LogP) is 3.80. The van der Waals surface area contributed by atoms with Gasteiger partial charge in [-0.05, 0) is 24.6 Å². The third-order valence-corrected chi connectivity index (χ3v) is 5.39. The zero-order valence-electron chi connectivity index (χ0n) is 14.7. The molecule has 0 aliphatic heterocycles. The minimum atomic E-state index is -3.44. The summed E-state index contributed by atoms with van der Waals surface area (Å²) < 4.78 is 29.2. The van der Waals surface area contributed by atoms with Crippen LogP contribution in [-0.4, -0.2) is 33.3 Å². The lowest BCUT2D eigenvalue weighted by atomic mass is 10.1. The zero-order chi connectivity index (χ0) is 17.8. The molecule has 1 aromatic carbocycles. The first kappa shape index (κ1) is 20.5. The molecule has 0 aliphatic rings. The molecule has 1 aromatic rings. The minimum absolute atomic E-state index is 0.118. The average molecular weight is 356 g/mol. The van der Waals surface area contributed by atoms with Crippen molar-refractivity contribution >= 4 is 21.5 Å². The average Bonchev–Trinajstić information content (AvgIpc) is 2.54. The van der Waals surface area contributed by atoms with Gasteiger partial charge in [0.1, 0.15) is 6.61 Å². The third-order valence-electron chi connectivity index (χ3n) is 3.71. The molecule has 0 spiro atoms. The first-order chi connectivity index (χ1) is 11.5. The lowest BCUT2D eigenvalue weighted by Gasteiger charge is -2.09. The molecule has 24 heavy (non-hydrogen) atoms. The van der Waals surface area contributed by atoms with Gasteiger partial charge in [-0.3, -0.25) is 4.79 Å². The molecule has 136 valence electrons. The van der Waals surface area contributed by atoms with Crippen LogP contribution in [0.25, 0.3) is 0 Å². The Kier molecular flexibility index (Phi) is 9.45. The van der Waals surface area contributed by atoms with Crippen LogP contribution in [0.15, 0.2) is 29.2 Å². The Labute approximate surface area is 145 Å². The van der Waals surface area contributed by atoms with Crippen molar-refractivity contribution in [1.29, 1.82) is 0 Å². The number of nitrogens with one attached hydrogen (secondary N) is 1. The van der Waals surface area contributed by atoms with Gasteiger partial charge in [0.25, 0.3) is 0 Å². The molecular formula is C18H29NO4S. The Morgan fingerprint density at radius 2 is 1.83 bits per heavy atom.